The molecule has 0 spiro atoms. The van der Waals surface area contributed by atoms with Gasteiger partial charge in [-0.05, 0) is 36.8 Å². The topological polar surface area (TPSA) is 38.0 Å². The molecule has 0 aliphatic carbocycles. The lowest BCUT2D eigenvalue weighted by Crippen LogP contribution is -1.94. The first-order valence-electron chi connectivity index (χ1n) is 5.96. The third kappa shape index (κ3) is 1.79. The molecule has 1 aromatic heterocycles. The molecule has 3 heteroatoms. The van der Waals surface area contributed by atoms with E-state index in [2.05, 4.69) is 4.98 Å². The standard InChI is InChI=1S/C15H14N2O/c1-11(18)12-6-8-13(9-7-12)17-10-16-14-4-2-3-5-15(14)17/h2-11,18H,1H3. The molecule has 18 heavy (non-hydrogen) atoms. The van der Waals surface area contributed by atoms with Crippen molar-refractivity contribution in [2.75, 3.05) is 0 Å². The third-order valence-corrected chi connectivity index (χ3v) is 3.11. The normalized spacial score (nSPS) is 12.8. The molecule has 0 aliphatic heterocycles. The summed E-state index contributed by atoms with van der Waals surface area (Å²) in [5, 5.41) is 9.50. The molecule has 3 nitrogen and oxygen atoms in total. The van der Waals surface area contributed by atoms with Crippen LogP contribution >= 0.6 is 0 Å². The zero-order valence-electron chi connectivity index (χ0n) is 10.1. The monoisotopic (exact) mass is 238 g/mol. The molecule has 3 rings (SSSR count). The molecule has 0 aliphatic rings. The van der Waals surface area contributed by atoms with Gasteiger partial charge in [-0.25, -0.2) is 4.98 Å². The van der Waals surface area contributed by atoms with Crippen LogP contribution < -0.4 is 0 Å². The maximum Gasteiger partial charge on any atom is 0.100 e. The molecule has 3 aromatic rings. The van der Waals surface area contributed by atoms with Gasteiger partial charge in [0.2, 0.25) is 0 Å². The molecule has 90 valence electrons. The summed E-state index contributed by atoms with van der Waals surface area (Å²) in [5.41, 5.74) is 4.04. The van der Waals surface area contributed by atoms with Crippen LogP contribution in [0.4, 0.5) is 0 Å². The number of benzene rings is 2. The van der Waals surface area contributed by atoms with Crippen LogP contribution in [0.5, 0.6) is 0 Å². The number of hydrogen-bond donors (Lipinski definition) is 1. The predicted molar refractivity (Wildman–Crippen MR) is 71.7 cm³/mol. The molecule has 0 amide bonds. The van der Waals surface area contributed by atoms with E-state index in [1.807, 2.05) is 59.4 Å². The molecule has 0 saturated carbocycles. The van der Waals surface area contributed by atoms with E-state index in [4.69, 9.17) is 0 Å². The molecule has 0 fully saturated rings. The summed E-state index contributed by atoms with van der Waals surface area (Å²) >= 11 is 0. The number of para-hydroxylation sites is 2. The fourth-order valence-electron chi connectivity index (χ4n) is 2.08. The number of fused-ring (bicyclic) bond motifs is 1. The Bertz CT molecular complexity index is 668. The van der Waals surface area contributed by atoms with Crippen LogP contribution in [0.2, 0.25) is 0 Å². The number of aromatic nitrogens is 2. The van der Waals surface area contributed by atoms with E-state index < -0.39 is 6.10 Å². The van der Waals surface area contributed by atoms with Crippen molar-refractivity contribution in [3.05, 3.63) is 60.4 Å². The van der Waals surface area contributed by atoms with E-state index in [-0.39, 0.29) is 0 Å². The van der Waals surface area contributed by atoms with Crippen molar-refractivity contribution in [2.45, 2.75) is 13.0 Å². The van der Waals surface area contributed by atoms with Crippen molar-refractivity contribution in [3.63, 3.8) is 0 Å². The second-order valence-corrected chi connectivity index (χ2v) is 4.37. The Labute approximate surface area is 105 Å². The molecule has 2 aromatic carbocycles. The summed E-state index contributed by atoms with van der Waals surface area (Å²) in [6.45, 7) is 1.77. The van der Waals surface area contributed by atoms with Crippen molar-refractivity contribution in [2.24, 2.45) is 0 Å². The number of imidazole rings is 1. The van der Waals surface area contributed by atoms with Crippen molar-refractivity contribution in [3.8, 4) is 5.69 Å². The summed E-state index contributed by atoms with van der Waals surface area (Å²) < 4.78 is 2.04. The first-order valence-corrected chi connectivity index (χ1v) is 5.96. The SMILES string of the molecule is CC(O)c1ccc(-n2cnc3ccccc32)cc1. The van der Waals surface area contributed by atoms with E-state index in [1.54, 1.807) is 6.92 Å². The predicted octanol–water partition coefficient (Wildman–Crippen LogP) is 3.08. The van der Waals surface area contributed by atoms with Crippen LogP contribution in [-0.2, 0) is 0 Å². The van der Waals surface area contributed by atoms with Gasteiger partial charge in [-0.3, -0.25) is 4.57 Å². The van der Waals surface area contributed by atoms with Crippen molar-refractivity contribution in [1.82, 2.24) is 9.55 Å². The van der Waals surface area contributed by atoms with E-state index in [9.17, 15) is 5.11 Å². The van der Waals surface area contributed by atoms with Crippen LogP contribution in [0.15, 0.2) is 54.9 Å². The number of rotatable bonds is 2. The zero-order valence-corrected chi connectivity index (χ0v) is 10.1. The lowest BCUT2D eigenvalue weighted by Gasteiger charge is -2.07. The Hall–Kier alpha value is -2.13. The Kier molecular flexibility index (Phi) is 2.61. The summed E-state index contributed by atoms with van der Waals surface area (Å²) in [6, 6.07) is 15.9. The minimum Gasteiger partial charge on any atom is -0.389 e. The van der Waals surface area contributed by atoms with Crippen LogP contribution in [0.3, 0.4) is 0 Å². The van der Waals surface area contributed by atoms with Crippen LogP contribution in [-0.4, -0.2) is 14.7 Å². The maximum atomic E-state index is 9.50. The van der Waals surface area contributed by atoms with E-state index in [1.165, 1.54) is 0 Å². The third-order valence-electron chi connectivity index (χ3n) is 3.11. The molecule has 1 heterocycles. The average molecular weight is 238 g/mol. The van der Waals surface area contributed by atoms with Gasteiger partial charge in [-0.15, -0.1) is 0 Å². The molecule has 0 bridgehead atoms. The van der Waals surface area contributed by atoms with E-state index in [0.29, 0.717) is 0 Å². The maximum absolute atomic E-state index is 9.50. The van der Waals surface area contributed by atoms with Gasteiger partial charge in [0.05, 0.1) is 17.1 Å². The van der Waals surface area contributed by atoms with Gasteiger partial charge >= 0.3 is 0 Å². The minimum absolute atomic E-state index is 0.432. The molecular formula is C15H14N2O. The molecule has 0 saturated heterocycles. The fourth-order valence-corrected chi connectivity index (χ4v) is 2.08. The second-order valence-electron chi connectivity index (χ2n) is 4.37. The largest absolute Gasteiger partial charge is 0.389 e. The van der Waals surface area contributed by atoms with Gasteiger partial charge in [0.15, 0.2) is 0 Å². The van der Waals surface area contributed by atoms with Crippen molar-refractivity contribution < 1.29 is 5.11 Å². The Morgan fingerprint density at radius 3 is 2.50 bits per heavy atom. The van der Waals surface area contributed by atoms with Gasteiger partial charge in [0.1, 0.15) is 6.33 Å². The van der Waals surface area contributed by atoms with Crippen LogP contribution in [0.25, 0.3) is 16.7 Å². The summed E-state index contributed by atoms with van der Waals surface area (Å²) in [7, 11) is 0. The second kappa shape index (κ2) is 4.27. The quantitative estimate of drug-likeness (QED) is 0.745. The average Bonchev–Trinajstić information content (AvgIpc) is 2.82. The molecule has 1 N–H and O–H groups in total. The van der Waals surface area contributed by atoms with Crippen molar-refractivity contribution in [1.29, 1.82) is 0 Å². The van der Waals surface area contributed by atoms with Gasteiger partial charge in [0.25, 0.3) is 0 Å². The Morgan fingerprint density at radius 1 is 1.06 bits per heavy atom. The lowest BCUT2D eigenvalue weighted by atomic mass is 10.1. The van der Waals surface area contributed by atoms with Crippen LogP contribution in [0.1, 0.15) is 18.6 Å². The molecule has 1 atom stereocenters. The summed E-state index contributed by atoms with van der Waals surface area (Å²) in [6.07, 6.45) is 1.39. The number of aliphatic hydroxyl groups excluding tert-OH is 1. The first kappa shape index (κ1) is 11.0. The van der Waals surface area contributed by atoms with Crippen LogP contribution in [0, 0.1) is 0 Å². The van der Waals surface area contributed by atoms with Gasteiger partial charge in [-0.2, -0.15) is 0 Å². The minimum atomic E-state index is -0.432. The number of hydrogen-bond acceptors (Lipinski definition) is 2. The Morgan fingerprint density at radius 2 is 1.78 bits per heavy atom. The van der Waals surface area contributed by atoms with Crippen molar-refractivity contribution >= 4 is 11.0 Å². The highest BCUT2D eigenvalue weighted by Crippen LogP contribution is 2.20. The highest BCUT2D eigenvalue weighted by Gasteiger charge is 2.05. The molecule has 1 unspecified atom stereocenters. The molecule has 0 radical (unpaired) electrons. The molecular weight excluding hydrogens is 224 g/mol. The van der Waals surface area contributed by atoms with E-state index >= 15 is 0 Å². The zero-order chi connectivity index (χ0) is 12.5. The highest BCUT2D eigenvalue weighted by molar-refractivity contribution is 5.77. The highest BCUT2D eigenvalue weighted by atomic mass is 16.3. The van der Waals surface area contributed by atoms with Gasteiger partial charge in [0, 0.05) is 5.69 Å². The summed E-state index contributed by atoms with van der Waals surface area (Å²) in [5.74, 6) is 0. The lowest BCUT2D eigenvalue weighted by molar-refractivity contribution is 0.199. The number of aliphatic hydroxyl groups is 1. The Balaban J connectivity index is 2.09. The fraction of sp³-hybridized carbons (Fsp3) is 0.133. The van der Waals surface area contributed by atoms with E-state index in [0.717, 1.165) is 22.3 Å². The van der Waals surface area contributed by atoms with Gasteiger partial charge < -0.3 is 5.11 Å². The van der Waals surface area contributed by atoms with Gasteiger partial charge in [-0.1, -0.05) is 24.3 Å². The smallest absolute Gasteiger partial charge is 0.100 e. The first-order chi connectivity index (χ1) is 8.75. The number of nitrogens with zero attached hydrogens (tertiary/aromatic N) is 2. The summed E-state index contributed by atoms with van der Waals surface area (Å²) in [4.78, 5) is 4.37.